The van der Waals surface area contributed by atoms with E-state index in [0.29, 0.717) is 23.3 Å². The highest BCUT2D eigenvalue weighted by Crippen LogP contribution is 2.36. The second-order valence-corrected chi connectivity index (χ2v) is 9.27. The first kappa shape index (κ1) is 26.0. The minimum absolute atomic E-state index is 0.0687. The molecule has 4 N–H and O–H groups in total. The van der Waals surface area contributed by atoms with Crippen LogP contribution < -0.4 is 15.8 Å². The molecule has 2 aromatic carbocycles. The second-order valence-electron chi connectivity index (χ2n) is 9.27. The molecule has 5 atom stereocenters. The number of halogens is 3. The van der Waals surface area contributed by atoms with Gasteiger partial charge in [-0.15, -0.1) is 0 Å². The van der Waals surface area contributed by atoms with Gasteiger partial charge < -0.3 is 20.5 Å². The molecule has 10 heteroatoms. The average molecular weight is 506 g/mol. The molecule has 0 radical (unpaired) electrons. The Morgan fingerprint density at radius 3 is 2.53 bits per heavy atom. The highest BCUT2D eigenvalue weighted by molar-refractivity contribution is 5.88. The van der Waals surface area contributed by atoms with Gasteiger partial charge in [0.25, 0.3) is 0 Å². The number of carbonyl (C=O) groups is 2. The quantitative estimate of drug-likeness (QED) is 0.512. The van der Waals surface area contributed by atoms with Crippen LogP contribution in [-0.4, -0.2) is 58.8 Å². The number of para-hydroxylation sites is 1. The van der Waals surface area contributed by atoms with Crippen LogP contribution in [0.1, 0.15) is 42.9 Å². The second kappa shape index (κ2) is 10.9. The molecule has 2 aromatic rings. The zero-order valence-electron chi connectivity index (χ0n) is 19.7. The van der Waals surface area contributed by atoms with E-state index in [1.807, 2.05) is 0 Å². The average Bonchev–Trinajstić information content (AvgIpc) is 2.85. The van der Waals surface area contributed by atoms with E-state index in [-0.39, 0.29) is 32.3 Å². The van der Waals surface area contributed by atoms with E-state index in [4.69, 9.17) is 10.5 Å². The monoisotopic (exact) mass is 505 g/mol. The number of nitrogens with zero attached hydrogens (tertiary/aromatic N) is 1. The first-order chi connectivity index (χ1) is 17.2. The highest BCUT2D eigenvalue weighted by Gasteiger charge is 2.51. The van der Waals surface area contributed by atoms with E-state index in [1.54, 1.807) is 54.6 Å². The largest absolute Gasteiger partial charge is 0.493 e. The molecule has 1 fully saturated rings. The molecule has 5 unspecified atom stereocenters. The summed E-state index contributed by atoms with van der Waals surface area (Å²) in [5, 5.41) is 14.0. The van der Waals surface area contributed by atoms with Gasteiger partial charge in [0.1, 0.15) is 17.8 Å². The van der Waals surface area contributed by atoms with Gasteiger partial charge in [0.2, 0.25) is 11.8 Å². The first-order valence-electron chi connectivity index (χ1n) is 12.0. The molecular formula is C26H30F3N3O4. The predicted molar refractivity (Wildman–Crippen MR) is 126 cm³/mol. The number of nitrogens with one attached hydrogen (secondary N) is 1. The van der Waals surface area contributed by atoms with Crippen LogP contribution in [0.5, 0.6) is 5.75 Å². The first-order valence-corrected chi connectivity index (χ1v) is 12.0. The number of likely N-dealkylation sites (tertiary alicyclic amines) is 1. The molecule has 0 spiro atoms. The molecule has 0 saturated carbocycles. The van der Waals surface area contributed by atoms with E-state index in [2.05, 4.69) is 5.32 Å². The summed E-state index contributed by atoms with van der Waals surface area (Å²) >= 11 is 0. The van der Waals surface area contributed by atoms with Crippen LogP contribution in [0, 0.1) is 0 Å². The number of rotatable bonds is 8. The van der Waals surface area contributed by atoms with Crippen molar-refractivity contribution < 1.29 is 32.6 Å². The van der Waals surface area contributed by atoms with Crippen molar-refractivity contribution in [1.82, 2.24) is 10.2 Å². The number of primary amides is 1. The Kier molecular flexibility index (Phi) is 7.85. The van der Waals surface area contributed by atoms with Gasteiger partial charge in [0, 0.05) is 24.4 Å². The Hall–Kier alpha value is -3.11. The standard InChI is InChI=1S/C26H30F3N3O4/c27-26(28,29)24(31-18-13-14-36-21-11-5-4-9-17(18)21)23(34)20(15-16-7-2-1-3-8-16)32-19(25(30)35)10-6-12-22(32)33/h1-5,7-9,11,18-20,23-24,31,34H,6,10,12-15H2,(H2,30,35). The lowest BCUT2D eigenvalue weighted by Crippen LogP contribution is -2.64. The molecule has 2 heterocycles. The summed E-state index contributed by atoms with van der Waals surface area (Å²) in [6.45, 7) is 0.219. The third kappa shape index (κ3) is 5.65. The summed E-state index contributed by atoms with van der Waals surface area (Å²) in [5.74, 6) is -0.817. The van der Waals surface area contributed by atoms with E-state index >= 15 is 0 Å². The van der Waals surface area contributed by atoms with Gasteiger partial charge in [-0.25, -0.2) is 0 Å². The number of benzene rings is 2. The molecule has 194 valence electrons. The lowest BCUT2D eigenvalue weighted by Gasteiger charge is -2.44. The van der Waals surface area contributed by atoms with E-state index < -0.39 is 48.3 Å². The maximum absolute atomic E-state index is 14.5. The molecule has 2 aliphatic rings. The van der Waals surface area contributed by atoms with Gasteiger partial charge in [-0.05, 0) is 30.9 Å². The SMILES string of the molecule is NC(=O)C1CCCC(=O)N1C(Cc1ccccc1)C(O)C(NC1CCOc2ccccc21)C(F)(F)F. The van der Waals surface area contributed by atoms with Crippen LogP contribution in [-0.2, 0) is 16.0 Å². The fraction of sp³-hybridized carbons (Fsp3) is 0.462. The zero-order chi connectivity index (χ0) is 25.9. The summed E-state index contributed by atoms with van der Waals surface area (Å²) in [5.41, 5.74) is 6.74. The van der Waals surface area contributed by atoms with Gasteiger partial charge in [0.05, 0.1) is 18.8 Å². The fourth-order valence-corrected chi connectivity index (χ4v) is 5.16. The van der Waals surface area contributed by atoms with Gasteiger partial charge in [-0.1, -0.05) is 48.5 Å². The third-order valence-corrected chi connectivity index (χ3v) is 6.89. The molecule has 4 rings (SSSR count). The van der Waals surface area contributed by atoms with Gasteiger partial charge in [-0.3, -0.25) is 14.9 Å². The Morgan fingerprint density at radius 2 is 1.83 bits per heavy atom. The lowest BCUT2D eigenvalue weighted by molar-refractivity contribution is -0.192. The highest BCUT2D eigenvalue weighted by atomic mass is 19.4. The molecule has 2 aliphatic heterocycles. The normalized spacial score (nSPS) is 22.8. The number of alkyl halides is 3. The molecule has 2 amide bonds. The number of aliphatic hydroxyl groups is 1. The molecule has 0 aromatic heterocycles. The predicted octanol–water partition coefficient (Wildman–Crippen LogP) is 2.87. The maximum atomic E-state index is 14.5. The van der Waals surface area contributed by atoms with Crippen LogP contribution in [0.3, 0.4) is 0 Å². The van der Waals surface area contributed by atoms with Crippen LogP contribution in [0.25, 0.3) is 0 Å². The number of aliphatic hydroxyl groups excluding tert-OH is 1. The Bertz CT molecular complexity index is 1070. The topological polar surface area (TPSA) is 105 Å². The number of hydrogen-bond donors (Lipinski definition) is 3. The maximum Gasteiger partial charge on any atom is 0.406 e. The van der Waals surface area contributed by atoms with Gasteiger partial charge in [0.15, 0.2) is 0 Å². The Balaban J connectivity index is 1.70. The van der Waals surface area contributed by atoms with Gasteiger partial charge >= 0.3 is 6.18 Å². The van der Waals surface area contributed by atoms with Crippen molar-refractivity contribution >= 4 is 11.8 Å². The summed E-state index contributed by atoms with van der Waals surface area (Å²) in [4.78, 5) is 26.3. The molecule has 1 saturated heterocycles. The van der Waals surface area contributed by atoms with E-state index in [1.165, 1.54) is 0 Å². The van der Waals surface area contributed by atoms with Crippen molar-refractivity contribution in [3.63, 3.8) is 0 Å². The smallest absolute Gasteiger partial charge is 0.406 e. The molecule has 0 bridgehead atoms. The Labute approximate surface area is 207 Å². The van der Waals surface area contributed by atoms with Crippen LogP contribution in [0.15, 0.2) is 54.6 Å². The number of piperidine rings is 1. The minimum Gasteiger partial charge on any atom is -0.493 e. The minimum atomic E-state index is -4.84. The van der Waals surface area contributed by atoms with Crippen molar-refractivity contribution in [3.05, 3.63) is 65.7 Å². The molecule has 36 heavy (non-hydrogen) atoms. The number of amides is 2. The zero-order valence-corrected chi connectivity index (χ0v) is 19.7. The number of hydrogen-bond acceptors (Lipinski definition) is 5. The van der Waals surface area contributed by atoms with Crippen molar-refractivity contribution in [2.45, 2.75) is 68.6 Å². The van der Waals surface area contributed by atoms with E-state index in [0.717, 1.165) is 4.90 Å². The number of nitrogens with two attached hydrogens (primary N) is 1. The summed E-state index contributed by atoms with van der Waals surface area (Å²) < 4.78 is 49.0. The van der Waals surface area contributed by atoms with Crippen LogP contribution >= 0.6 is 0 Å². The van der Waals surface area contributed by atoms with Crippen LogP contribution in [0.4, 0.5) is 13.2 Å². The molecule has 0 aliphatic carbocycles. The van der Waals surface area contributed by atoms with Crippen molar-refractivity contribution in [1.29, 1.82) is 0 Å². The number of ether oxygens (including phenoxy) is 1. The lowest BCUT2D eigenvalue weighted by atomic mass is 9.89. The molecular weight excluding hydrogens is 475 g/mol. The number of carbonyl (C=O) groups excluding carboxylic acids is 2. The van der Waals surface area contributed by atoms with Crippen molar-refractivity contribution in [3.8, 4) is 5.75 Å². The Morgan fingerprint density at radius 1 is 1.14 bits per heavy atom. The molecule has 7 nitrogen and oxygen atoms in total. The van der Waals surface area contributed by atoms with Crippen molar-refractivity contribution in [2.24, 2.45) is 5.73 Å². The fourth-order valence-electron chi connectivity index (χ4n) is 5.16. The summed E-state index contributed by atoms with van der Waals surface area (Å²) in [7, 11) is 0. The summed E-state index contributed by atoms with van der Waals surface area (Å²) in [6, 6.07) is 9.92. The number of fused-ring (bicyclic) bond motifs is 1. The van der Waals surface area contributed by atoms with Crippen molar-refractivity contribution in [2.75, 3.05) is 6.61 Å². The van der Waals surface area contributed by atoms with Gasteiger partial charge in [-0.2, -0.15) is 13.2 Å². The van der Waals surface area contributed by atoms with E-state index in [9.17, 15) is 27.9 Å². The third-order valence-electron chi connectivity index (χ3n) is 6.89. The van der Waals surface area contributed by atoms with Crippen LogP contribution in [0.2, 0.25) is 0 Å². The summed E-state index contributed by atoms with van der Waals surface area (Å²) in [6.07, 6.45) is -6.01.